The average Bonchev–Trinajstić information content (AvgIpc) is 2.38. The largest absolute Gasteiger partial charge is 0.478 e. The molecular formula is C15H20N2O3. The van der Waals surface area contributed by atoms with Gasteiger partial charge in [0.2, 0.25) is 0 Å². The van der Waals surface area contributed by atoms with Gasteiger partial charge in [0.05, 0.1) is 5.56 Å². The predicted molar refractivity (Wildman–Crippen MR) is 77.1 cm³/mol. The van der Waals surface area contributed by atoms with Gasteiger partial charge in [-0.05, 0) is 37.1 Å². The fourth-order valence-electron chi connectivity index (χ4n) is 2.35. The summed E-state index contributed by atoms with van der Waals surface area (Å²) in [6.45, 7) is 1.58. The Morgan fingerprint density at radius 3 is 2.05 bits per heavy atom. The summed E-state index contributed by atoms with van der Waals surface area (Å²) in [5, 5.41) is 11.6. The van der Waals surface area contributed by atoms with E-state index in [9.17, 15) is 9.59 Å². The van der Waals surface area contributed by atoms with Gasteiger partial charge in [0, 0.05) is 18.8 Å². The van der Waals surface area contributed by atoms with Gasteiger partial charge in [0.25, 0.3) is 0 Å². The maximum atomic E-state index is 12.1. The number of hydrogen-bond donors (Lipinski definition) is 2. The van der Waals surface area contributed by atoms with Crippen molar-refractivity contribution in [3.63, 3.8) is 0 Å². The highest BCUT2D eigenvalue weighted by Crippen LogP contribution is 2.14. The monoisotopic (exact) mass is 276 g/mol. The van der Waals surface area contributed by atoms with Gasteiger partial charge in [-0.3, -0.25) is 0 Å². The van der Waals surface area contributed by atoms with Gasteiger partial charge in [-0.1, -0.05) is 19.3 Å². The van der Waals surface area contributed by atoms with Crippen LogP contribution in [0.15, 0.2) is 24.3 Å². The first-order valence-corrected chi connectivity index (χ1v) is 7.06. The lowest BCUT2D eigenvalue weighted by molar-refractivity contribution is 0.0697. The third kappa shape index (κ3) is 3.98. The molecule has 1 aliphatic heterocycles. The van der Waals surface area contributed by atoms with Crippen molar-refractivity contribution in [3.8, 4) is 0 Å². The van der Waals surface area contributed by atoms with Gasteiger partial charge in [0.15, 0.2) is 0 Å². The lowest BCUT2D eigenvalue weighted by Crippen LogP contribution is -2.37. The Morgan fingerprint density at radius 1 is 0.950 bits per heavy atom. The highest BCUT2D eigenvalue weighted by Gasteiger charge is 2.14. The molecule has 2 amide bonds. The van der Waals surface area contributed by atoms with Crippen molar-refractivity contribution in [3.05, 3.63) is 29.8 Å². The minimum atomic E-state index is -0.966. The molecule has 2 N–H and O–H groups in total. The van der Waals surface area contributed by atoms with Crippen molar-refractivity contribution in [2.75, 3.05) is 18.4 Å². The van der Waals surface area contributed by atoms with Crippen LogP contribution in [-0.2, 0) is 0 Å². The third-order valence-electron chi connectivity index (χ3n) is 3.53. The van der Waals surface area contributed by atoms with Crippen molar-refractivity contribution < 1.29 is 14.7 Å². The number of hydrogen-bond acceptors (Lipinski definition) is 2. The topological polar surface area (TPSA) is 69.6 Å². The van der Waals surface area contributed by atoms with E-state index < -0.39 is 5.97 Å². The van der Waals surface area contributed by atoms with Crippen LogP contribution in [0, 0.1) is 0 Å². The molecule has 1 aromatic rings. The Kier molecular flexibility index (Phi) is 4.98. The van der Waals surface area contributed by atoms with Crippen LogP contribution in [0.25, 0.3) is 0 Å². The van der Waals surface area contributed by atoms with Crippen molar-refractivity contribution in [1.29, 1.82) is 0 Å². The Morgan fingerprint density at radius 2 is 1.50 bits per heavy atom. The Labute approximate surface area is 118 Å². The molecule has 0 spiro atoms. The molecule has 0 aliphatic carbocycles. The summed E-state index contributed by atoms with van der Waals surface area (Å²) in [4.78, 5) is 24.7. The maximum Gasteiger partial charge on any atom is 0.335 e. The number of urea groups is 1. The van der Waals surface area contributed by atoms with E-state index in [0.717, 1.165) is 25.9 Å². The Hall–Kier alpha value is -2.04. The van der Waals surface area contributed by atoms with Crippen molar-refractivity contribution in [2.24, 2.45) is 0 Å². The fourth-order valence-corrected chi connectivity index (χ4v) is 2.35. The number of likely N-dealkylation sites (tertiary alicyclic amines) is 1. The predicted octanol–water partition coefficient (Wildman–Crippen LogP) is 3.18. The molecule has 2 rings (SSSR count). The van der Waals surface area contributed by atoms with Gasteiger partial charge < -0.3 is 15.3 Å². The van der Waals surface area contributed by atoms with Crippen molar-refractivity contribution in [2.45, 2.75) is 32.1 Å². The second-order valence-corrected chi connectivity index (χ2v) is 5.07. The minimum absolute atomic E-state index is 0.102. The minimum Gasteiger partial charge on any atom is -0.478 e. The summed E-state index contributed by atoms with van der Waals surface area (Å²) in [5.41, 5.74) is 0.844. The molecule has 1 aliphatic rings. The lowest BCUT2D eigenvalue weighted by Gasteiger charge is -2.25. The number of nitrogens with zero attached hydrogens (tertiary/aromatic N) is 1. The van der Waals surface area contributed by atoms with Crippen molar-refractivity contribution >= 4 is 17.7 Å². The van der Waals surface area contributed by atoms with E-state index >= 15 is 0 Å². The third-order valence-corrected chi connectivity index (χ3v) is 3.53. The van der Waals surface area contributed by atoms with E-state index in [2.05, 4.69) is 5.32 Å². The van der Waals surface area contributed by atoms with Crippen LogP contribution in [0.5, 0.6) is 0 Å². The molecule has 1 saturated heterocycles. The fraction of sp³-hybridized carbons (Fsp3) is 0.467. The molecule has 1 aromatic carbocycles. The zero-order chi connectivity index (χ0) is 14.4. The molecule has 0 unspecified atom stereocenters. The summed E-state index contributed by atoms with van der Waals surface area (Å²) in [5.74, 6) is -0.966. The SMILES string of the molecule is O=C(O)c1ccc(NC(=O)N2CCCCCCC2)cc1. The number of nitrogens with one attached hydrogen (secondary N) is 1. The highest BCUT2D eigenvalue weighted by atomic mass is 16.4. The quantitative estimate of drug-likeness (QED) is 0.871. The molecule has 1 fully saturated rings. The summed E-state index contributed by atoms with van der Waals surface area (Å²) < 4.78 is 0. The summed E-state index contributed by atoms with van der Waals surface area (Å²) in [6, 6.07) is 6.11. The van der Waals surface area contributed by atoms with Gasteiger partial charge in [-0.2, -0.15) is 0 Å². The van der Waals surface area contributed by atoms with Gasteiger partial charge in [-0.25, -0.2) is 9.59 Å². The molecule has 108 valence electrons. The smallest absolute Gasteiger partial charge is 0.335 e. The van der Waals surface area contributed by atoms with Crippen LogP contribution in [0.4, 0.5) is 10.5 Å². The number of carboxylic acids is 1. The molecule has 0 bridgehead atoms. The van der Waals surface area contributed by atoms with Crippen LogP contribution in [-0.4, -0.2) is 35.1 Å². The number of carbonyl (C=O) groups excluding carboxylic acids is 1. The summed E-state index contributed by atoms with van der Waals surface area (Å²) in [6.07, 6.45) is 5.71. The molecule has 5 heteroatoms. The normalized spacial score (nSPS) is 16.1. The number of amides is 2. The second kappa shape index (κ2) is 6.93. The van der Waals surface area contributed by atoms with E-state index in [1.54, 1.807) is 12.1 Å². The Balaban J connectivity index is 1.93. The van der Waals surface area contributed by atoms with E-state index in [1.165, 1.54) is 31.4 Å². The number of rotatable bonds is 2. The first-order chi connectivity index (χ1) is 9.66. The molecule has 5 nitrogen and oxygen atoms in total. The summed E-state index contributed by atoms with van der Waals surface area (Å²) in [7, 11) is 0. The lowest BCUT2D eigenvalue weighted by atomic mass is 10.1. The average molecular weight is 276 g/mol. The molecule has 0 radical (unpaired) electrons. The number of carboxylic acid groups (broad SMARTS) is 1. The highest BCUT2D eigenvalue weighted by molar-refractivity contribution is 5.91. The van der Waals surface area contributed by atoms with E-state index in [-0.39, 0.29) is 11.6 Å². The first kappa shape index (κ1) is 14.4. The summed E-state index contributed by atoms with van der Waals surface area (Å²) >= 11 is 0. The Bertz CT molecular complexity index is 463. The second-order valence-electron chi connectivity index (χ2n) is 5.07. The number of carbonyl (C=O) groups is 2. The van der Waals surface area contributed by atoms with Gasteiger partial charge >= 0.3 is 12.0 Å². The molecule has 0 atom stereocenters. The van der Waals surface area contributed by atoms with Crippen LogP contribution in [0.3, 0.4) is 0 Å². The standard InChI is InChI=1S/C15H20N2O3/c18-14(19)12-6-8-13(9-7-12)16-15(20)17-10-4-2-1-3-5-11-17/h6-9H,1-5,10-11H2,(H,16,20)(H,18,19). The molecular weight excluding hydrogens is 256 g/mol. The van der Waals surface area contributed by atoms with Crippen LogP contribution >= 0.6 is 0 Å². The molecule has 1 heterocycles. The van der Waals surface area contributed by atoms with E-state index in [4.69, 9.17) is 5.11 Å². The maximum absolute atomic E-state index is 12.1. The van der Waals surface area contributed by atoms with Crippen LogP contribution in [0.1, 0.15) is 42.5 Å². The number of benzene rings is 1. The van der Waals surface area contributed by atoms with Crippen LogP contribution < -0.4 is 5.32 Å². The molecule has 0 aromatic heterocycles. The number of aromatic carboxylic acids is 1. The number of anilines is 1. The van der Waals surface area contributed by atoms with Gasteiger partial charge in [-0.15, -0.1) is 0 Å². The zero-order valence-electron chi connectivity index (χ0n) is 11.5. The first-order valence-electron chi connectivity index (χ1n) is 7.06. The van der Waals surface area contributed by atoms with E-state index in [1.807, 2.05) is 4.90 Å². The molecule has 20 heavy (non-hydrogen) atoms. The zero-order valence-corrected chi connectivity index (χ0v) is 11.5. The molecule has 0 saturated carbocycles. The van der Waals surface area contributed by atoms with E-state index in [0.29, 0.717) is 5.69 Å². The van der Waals surface area contributed by atoms with Gasteiger partial charge in [0.1, 0.15) is 0 Å². The van der Waals surface area contributed by atoms with Crippen molar-refractivity contribution in [1.82, 2.24) is 4.90 Å². The van der Waals surface area contributed by atoms with Crippen LogP contribution in [0.2, 0.25) is 0 Å².